The molecule has 1 aliphatic rings. The lowest BCUT2D eigenvalue weighted by molar-refractivity contribution is -0.133. The molecule has 0 saturated carbocycles. The lowest BCUT2D eigenvalue weighted by atomic mass is 10.0. The van der Waals surface area contributed by atoms with Gasteiger partial charge in [0, 0.05) is 32.7 Å². The maximum Gasteiger partial charge on any atom is 0.314 e. The van der Waals surface area contributed by atoms with Gasteiger partial charge in [0.15, 0.2) is 0 Å². The average molecular weight is 328 g/mol. The van der Waals surface area contributed by atoms with Crippen LogP contribution in [0.5, 0.6) is 0 Å². The lowest BCUT2D eigenvalue weighted by Gasteiger charge is -2.33. The summed E-state index contributed by atoms with van der Waals surface area (Å²) in [4.78, 5) is 35.8. The number of piperidine rings is 1. The summed E-state index contributed by atoms with van der Waals surface area (Å²) in [5, 5.41) is 7.87. The lowest BCUT2D eigenvalue weighted by Crippen LogP contribution is -2.51. The van der Waals surface area contributed by atoms with E-state index in [1.165, 1.54) is 0 Å². The Morgan fingerprint density at radius 2 is 1.87 bits per heavy atom. The van der Waals surface area contributed by atoms with E-state index in [9.17, 15) is 14.4 Å². The van der Waals surface area contributed by atoms with Gasteiger partial charge in [-0.05, 0) is 32.1 Å². The first kappa shape index (κ1) is 19.0. The molecular weight excluding hydrogens is 300 g/mol. The zero-order chi connectivity index (χ0) is 17.2. The molecule has 1 rings (SSSR count). The van der Waals surface area contributed by atoms with Crippen LogP contribution in [0.1, 0.15) is 32.1 Å². The molecule has 9 nitrogen and oxygen atoms in total. The number of amides is 5. The summed E-state index contributed by atoms with van der Waals surface area (Å²) in [7, 11) is 1.58. The number of primary amides is 1. The van der Waals surface area contributed by atoms with Crippen molar-refractivity contribution < 1.29 is 14.4 Å². The number of hydrogen-bond donors (Lipinski definition) is 5. The Bertz CT molecular complexity index is 409. The first-order chi connectivity index (χ1) is 10.9. The predicted octanol–water partition coefficient (Wildman–Crippen LogP) is -0.928. The monoisotopic (exact) mass is 328 g/mol. The minimum Gasteiger partial charge on any atom is -0.352 e. The molecule has 5 amide bonds. The summed E-state index contributed by atoms with van der Waals surface area (Å²) in [6.07, 6.45) is 3.53. The summed E-state index contributed by atoms with van der Waals surface area (Å²) in [6.45, 7) is 1.70. The second-order valence-electron chi connectivity index (χ2n) is 5.72. The molecule has 0 spiro atoms. The van der Waals surface area contributed by atoms with Crippen LogP contribution in [0.4, 0.5) is 9.59 Å². The predicted molar refractivity (Wildman–Crippen MR) is 86.6 cm³/mol. The summed E-state index contributed by atoms with van der Waals surface area (Å²) >= 11 is 0. The Kier molecular flexibility index (Phi) is 8.17. The van der Waals surface area contributed by atoms with Gasteiger partial charge in [0.05, 0.1) is 6.04 Å². The average Bonchev–Trinajstić information content (AvgIpc) is 2.54. The second-order valence-corrected chi connectivity index (χ2v) is 5.72. The van der Waals surface area contributed by atoms with Crippen LogP contribution in [0.3, 0.4) is 0 Å². The smallest absolute Gasteiger partial charge is 0.314 e. The minimum atomic E-state index is -0.543. The minimum absolute atomic E-state index is 0.0498. The number of nitrogens with two attached hydrogens (primary N) is 2. The van der Waals surface area contributed by atoms with Crippen molar-refractivity contribution in [3.05, 3.63) is 0 Å². The van der Waals surface area contributed by atoms with Gasteiger partial charge in [0.2, 0.25) is 5.91 Å². The van der Waals surface area contributed by atoms with Crippen LogP contribution in [0.25, 0.3) is 0 Å². The molecule has 7 N–H and O–H groups in total. The zero-order valence-electron chi connectivity index (χ0n) is 13.6. The van der Waals surface area contributed by atoms with E-state index in [2.05, 4.69) is 16.0 Å². The zero-order valence-corrected chi connectivity index (χ0v) is 13.6. The second kappa shape index (κ2) is 9.88. The third-order valence-corrected chi connectivity index (χ3v) is 3.93. The SMILES string of the molecule is CNC(=O)NC1CCN(C(=O)C(N)CCCCNC(N)=O)CC1. The van der Waals surface area contributed by atoms with E-state index in [0.29, 0.717) is 26.1 Å². The fourth-order valence-electron chi connectivity index (χ4n) is 2.56. The molecule has 0 radical (unpaired) electrons. The normalized spacial score (nSPS) is 16.5. The summed E-state index contributed by atoms with van der Waals surface area (Å²) in [5.41, 5.74) is 10.9. The number of nitrogens with one attached hydrogen (secondary N) is 3. The third kappa shape index (κ3) is 7.18. The summed E-state index contributed by atoms with van der Waals surface area (Å²) in [6, 6.07) is -1.17. The molecule has 0 aliphatic carbocycles. The number of hydrogen-bond acceptors (Lipinski definition) is 4. The number of carbonyl (C=O) groups is 3. The number of rotatable bonds is 7. The number of urea groups is 2. The molecule has 0 aromatic heterocycles. The Morgan fingerprint density at radius 3 is 2.43 bits per heavy atom. The molecule has 1 saturated heterocycles. The van der Waals surface area contributed by atoms with E-state index in [1.807, 2.05) is 0 Å². The van der Waals surface area contributed by atoms with Crippen molar-refractivity contribution in [2.24, 2.45) is 11.5 Å². The fourth-order valence-corrected chi connectivity index (χ4v) is 2.56. The highest BCUT2D eigenvalue weighted by Crippen LogP contribution is 2.12. The standard InChI is InChI=1S/C14H28N6O3/c1-17-14(23)19-10-5-8-20(9-6-10)12(21)11(15)4-2-3-7-18-13(16)22/h10-11H,2-9,15H2,1H3,(H3,16,18,22)(H2,17,19,23). The number of unbranched alkanes of at least 4 members (excludes halogenated alkanes) is 1. The van der Waals surface area contributed by atoms with Crippen LogP contribution in [0.2, 0.25) is 0 Å². The van der Waals surface area contributed by atoms with Crippen molar-refractivity contribution >= 4 is 18.0 Å². The highest BCUT2D eigenvalue weighted by atomic mass is 16.2. The highest BCUT2D eigenvalue weighted by Gasteiger charge is 2.26. The van der Waals surface area contributed by atoms with Crippen LogP contribution in [-0.2, 0) is 4.79 Å². The van der Waals surface area contributed by atoms with E-state index in [0.717, 1.165) is 25.7 Å². The molecule has 1 fully saturated rings. The van der Waals surface area contributed by atoms with Crippen molar-refractivity contribution in [2.45, 2.75) is 44.2 Å². The van der Waals surface area contributed by atoms with Crippen LogP contribution >= 0.6 is 0 Å². The molecule has 1 heterocycles. The van der Waals surface area contributed by atoms with Crippen molar-refractivity contribution in [3.63, 3.8) is 0 Å². The topological polar surface area (TPSA) is 143 Å². The largest absolute Gasteiger partial charge is 0.352 e. The molecule has 0 aromatic rings. The van der Waals surface area contributed by atoms with Crippen LogP contribution < -0.4 is 27.4 Å². The van der Waals surface area contributed by atoms with E-state index in [-0.39, 0.29) is 18.0 Å². The molecule has 1 aliphatic heterocycles. The van der Waals surface area contributed by atoms with E-state index < -0.39 is 12.1 Å². The number of carbonyl (C=O) groups excluding carboxylic acids is 3. The third-order valence-electron chi connectivity index (χ3n) is 3.93. The van der Waals surface area contributed by atoms with Gasteiger partial charge in [0.1, 0.15) is 0 Å². The molecular formula is C14H28N6O3. The Balaban J connectivity index is 2.22. The molecule has 0 bridgehead atoms. The van der Waals surface area contributed by atoms with Crippen LogP contribution in [-0.4, -0.2) is 61.6 Å². The Morgan fingerprint density at radius 1 is 1.22 bits per heavy atom. The van der Waals surface area contributed by atoms with Gasteiger partial charge in [-0.3, -0.25) is 4.79 Å². The van der Waals surface area contributed by atoms with Crippen LogP contribution in [0, 0.1) is 0 Å². The number of nitrogens with zero attached hydrogens (tertiary/aromatic N) is 1. The van der Waals surface area contributed by atoms with E-state index in [4.69, 9.17) is 11.5 Å². The molecule has 0 aromatic carbocycles. The molecule has 1 atom stereocenters. The maximum atomic E-state index is 12.3. The first-order valence-corrected chi connectivity index (χ1v) is 8.00. The first-order valence-electron chi connectivity index (χ1n) is 8.00. The van der Waals surface area contributed by atoms with Gasteiger partial charge >= 0.3 is 12.1 Å². The van der Waals surface area contributed by atoms with Gasteiger partial charge in [-0.2, -0.15) is 0 Å². The van der Waals surface area contributed by atoms with Crippen molar-refractivity contribution in [1.82, 2.24) is 20.9 Å². The Hall–Kier alpha value is -2.03. The molecule has 1 unspecified atom stereocenters. The van der Waals surface area contributed by atoms with Crippen LogP contribution in [0.15, 0.2) is 0 Å². The van der Waals surface area contributed by atoms with Gasteiger partial charge in [-0.1, -0.05) is 0 Å². The molecule has 132 valence electrons. The molecule has 9 heteroatoms. The van der Waals surface area contributed by atoms with Gasteiger partial charge < -0.3 is 32.3 Å². The highest BCUT2D eigenvalue weighted by molar-refractivity contribution is 5.81. The van der Waals surface area contributed by atoms with Gasteiger partial charge in [-0.15, -0.1) is 0 Å². The molecule has 23 heavy (non-hydrogen) atoms. The van der Waals surface area contributed by atoms with Crippen molar-refractivity contribution in [3.8, 4) is 0 Å². The van der Waals surface area contributed by atoms with E-state index >= 15 is 0 Å². The number of likely N-dealkylation sites (tertiary alicyclic amines) is 1. The quantitative estimate of drug-likeness (QED) is 0.385. The van der Waals surface area contributed by atoms with Crippen molar-refractivity contribution in [2.75, 3.05) is 26.7 Å². The fraction of sp³-hybridized carbons (Fsp3) is 0.786. The van der Waals surface area contributed by atoms with Crippen molar-refractivity contribution in [1.29, 1.82) is 0 Å². The van der Waals surface area contributed by atoms with Gasteiger partial charge in [0.25, 0.3) is 0 Å². The Labute approximate surface area is 136 Å². The summed E-state index contributed by atoms with van der Waals surface area (Å²) < 4.78 is 0. The summed E-state index contributed by atoms with van der Waals surface area (Å²) in [5.74, 6) is -0.0498. The van der Waals surface area contributed by atoms with Gasteiger partial charge in [-0.25, -0.2) is 9.59 Å². The van der Waals surface area contributed by atoms with E-state index in [1.54, 1.807) is 11.9 Å². The maximum absolute atomic E-state index is 12.3.